The van der Waals surface area contributed by atoms with Crippen molar-refractivity contribution in [2.45, 2.75) is 52.7 Å². The van der Waals surface area contributed by atoms with Gasteiger partial charge in [-0.15, -0.1) is 10.2 Å². The molecule has 8 nitrogen and oxygen atoms in total. The average Bonchev–Trinajstić information content (AvgIpc) is 3.23. The van der Waals surface area contributed by atoms with Crippen LogP contribution in [0.3, 0.4) is 0 Å². The van der Waals surface area contributed by atoms with E-state index in [2.05, 4.69) is 57.0 Å². The largest absolute Gasteiger partial charge is 0.493 e. The number of halogens is 1. The fraction of sp³-hybridized carbons (Fsp3) is 0.429. The highest BCUT2D eigenvalue weighted by molar-refractivity contribution is 9.10. The molecule has 0 spiro atoms. The maximum absolute atomic E-state index is 12.3. The predicted molar refractivity (Wildman–Crippen MR) is 147 cm³/mol. The van der Waals surface area contributed by atoms with E-state index >= 15 is 0 Å². The van der Waals surface area contributed by atoms with Crippen molar-refractivity contribution in [1.29, 1.82) is 0 Å². The number of benzene rings is 2. The molecule has 2 atom stereocenters. The Morgan fingerprint density at radius 2 is 1.97 bits per heavy atom. The van der Waals surface area contributed by atoms with E-state index in [1.165, 1.54) is 19.1 Å². The Balaban J connectivity index is 1.34. The number of carbonyl (C=O) groups excluding carboxylic acids is 1. The quantitative estimate of drug-likeness (QED) is 0.198. The molecule has 1 aromatic heterocycles. The first-order valence-corrected chi connectivity index (χ1v) is 13.3. The zero-order chi connectivity index (χ0) is 26.2. The molecule has 1 saturated heterocycles. The van der Waals surface area contributed by atoms with Crippen LogP contribution in [0.5, 0.6) is 5.88 Å². The van der Waals surface area contributed by atoms with Crippen LogP contribution in [0, 0.1) is 10.8 Å². The summed E-state index contributed by atoms with van der Waals surface area (Å²) >= 11 is 3.51. The number of amides is 1. The highest BCUT2D eigenvalue weighted by atomic mass is 79.9. The van der Waals surface area contributed by atoms with E-state index in [0.717, 1.165) is 33.9 Å². The smallest absolute Gasteiger partial charge is 0.304 e. The van der Waals surface area contributed by atoms with Crippen LogP contribution in [0.2, 0.25) is 0 Å². The van der Waals surface area contributed by atoms with E-state index in [0.29, 0.717) is 18.1 Å². The third kappa shape index (κ3) is 5.62. The lowest BCUT2D eigenvalue weighted by atomic mass is 9.65. The van der Waals surface area contributed by atoms with Crippen LogP contribution in [0.25, 0.3) is 10.9 Å². The maximum atomic E-state index is 12.3. The van der Waals surface area contributed by atoms with Gasteiger partial charge in [-0.3, -0.25) is 14.3 Å². The summed E-state index contributed by atoms with van der Waals surface area (Å²) in [7, 11) is 0. The summed E-state index contributed by atoms with van der Waals surface area (Å²) in [5.74, 6) is -0.595. The molecule has 0 unspecified atom stereocenters. The summed E-state index contributed by atoms with van der Waals surface area (Å²) in [6, 6.07) is 15.7. The van der Waals surface area contributed by atoms with Gasteiger partial charge in [0.05, 0.1) is 18.4 Å². The molecular weight excluding hydrogens is 534 g/mol. The predicted octanol–water partition coefficient (Wildman–Crippen LogP) is 6.63. The molecule has 2 fully saturated rings. The Morgan fingerprint density at radius 3 is 2.76 bits per heavy atom. The number of carbonyl (C=O) groups is 1. The SMILES string of the molecule is CC1(C)C[C@H]2C[C@@](C)(CN2Cn2c(O)c(N=NC(=O)CO/N=C\c3ccccc3)c3cc(Br)ccc32)C1. The van der Waals surface area contributed by atoms with Crippen molar-refractivity contribution in [3.63, 3.8) is 0 Å². The number of nitrogens with zero attached hydrogens (tertiary/aromatic N) is 5. The van der Waals surface area contributed by atoms with Gasteiger partial charge in [-0.2, -0.15) is 0 Å². The van der Waals surface area contributed by atoms with E-state index in [-0.39, 0.29) is 23.6 Å². The Kier molecular flexibility index (Phi) is 6.93. The zero-order valence-corrected chi connectivity index (χ0v) is 23.0. The van der Waals surface area contributed by atoms with Gasteiger partial charge in [-0.05, 0) is 53.9 Å². The number of azo groups is 1. The Morgan fingerprint density at radius 1 is 1.19 bits per heavy atom. The van der Waals surface area contributed by atoms with Crippen LogP contribution in [0.15, 0.2) is 68.4 Å². The molecule has 2 aliphatic rings. The molecule has 3 aromatic rings. The molecule has 2 heterocycles. The van der Waals surface area contributed by atoms with Crippen molar-refractivity contribution < 1.29 is 14.7 Å². The minimum atomic E-state index is -0.594. The first kappa shape index (κ1) is 25.6. The van der Waals surface area contributed by atoms with Gasteiger partial charge in [0.2, 0.25) is 5.88 Å². The normalized spacial score (nSPS) is 23.4. The van der Waals surface area contributed by atoms with E-state index in [4.69, 9.17) is 4.84 Å². The molecule has 194 valence electrons. The lowest BCUT2D eigenvalue weighted by Gasteiger charge is -2.40. The molecule has 2 bridgehead atoms. The molecule has 2 aromatic carbocycles. The van der Waals surface area contributed by atoms with E-state index < -0.39 is 5.91 Å². The highest BCUT2D eigenvalue weighted by Gasteiger charge is 2.49. The van der Waals surface area contributed by atoms with Crippen molar-refractivity contribution in [2.75, 3.05) is 13.2 Å². The Bertz CT molecular complexity index is 1370. The molecule has 1 amide bonds. The zero-order valence-electron chi connectivity index (χ0n) is 21.4. The summed E-state index contributed by atoms with van der Waals surface area (Å²) in [4.78, 5) is 19.8. The number of likely N-dealkylation sites (tertiary alicyclic amines) is 1. The lowest BCUT2D eigenvalue weighted by molar-refractivity contribution is -0.122. The third-order valence-corrected chi connectivity index (χ3v) is 7.84. The van der Waals surface area contributed by atoms with Gasteiger partial charge in [0.15, 0.2) is 12.3 Å². The van der Waals surface area contributed by atoms with Gasteiger partial charge in [0, 0.05) is 22.4 Å². The van der Waals surface area contributed by atoms with Gasteiger partial charge in [0.25, 0.3) is 0 Å². The van der Waals surface area contributed by atoms with Crippen LogP contribution < -0.4 is 0 Å². The van der Waals surface area contributed by atoms with Crippen molar-refractivity contribution >= 4 is 44.6 Å². The summed E-state index contributed by atoms with van der Waals surface area (Å²) in [5.41, 5.74) is 2.57. The monoisotopic (exact) mass is 565 g/mol. The van der Waals surface area contributed by atoms with Crippen molar-refractivity contribution in [2.24, 2.45) is 26.2 Å². The number of rotatable bonds is 7. The Labute approximate surface area is 225 Å². The number of oxime groups is 1. The summed E-state index contributed by atoms with van der Waals surface area (Å²) in [5, 5.41) is 23.7. The van der Waals surface area contributed by atoms with Crippen LogP contribution >= 0.6 is 15.9 Å². The van der Waals surface area contributed by atoms with E-state index in [1.54, 1.807) is 0 Å². The molecule has 37 heavy (non-hydrogen) atoms. The standard InChI is InChI=1S/C28H32BrN5O3/c1-27(2)12-21-13-28(3,16-27)17-33(21)18-34-23-10-9-20(29)11-22(23)25(26(34)36)32-31-24(35)15-37-30-14-19-7-5-4-6-8-19/h4-11,14,21,36H,12-13,15-18H2,1-3H3/b30-14-,32-31?/t21-,28+/m0/s1. The molecule has 1 saturated carbocycles. The second-order valence-corrected chi connectivity index (χ2v) is 12.3. The molecule has 0 radical (unpaired) electrons. The van der Waals surface area contributed by atoms with Gasteiger partial charge in [0.1, 0.15) is 0 Å². The van der Waals surface area contributed by atoms with Gasteiger partial charge < -0.3 is 9.94 Å². The highest BCUT2D eigenvalue weighted by Crippen LogP contribution is 2.53. The lowest BCUT2D eigenvalue weighted by Crippen LogP contribution is -2.35. The molecule has 1 aliphatic carbocycles. The van der Waals surface area contributed by atoms with Crippen LogP contribution in [-0.2, 0) is 16.3 Å². The molecule has 9 heteroatoms. The minimum absolute atomic E-state index is 0.00136. The topological polar surface area (TPSA) is 91.8 Å². The fourth-order valence-corrected chi connectivity index (χ4v) is 6.69. The van der Waals surface area contributed by atoms with Crippen LogP contribution in [0.1, 0.15) is 45.6 Å². The number of aromatic nitrogens is 1. The van der Waals surface area contributed by atoms with Crippen molar-refractivity contribution in [3.05, 3.63) is 58.6 Å². The molecule has 5 rings (SSSR count). The summed E-state index contributed by atoms with van der Waals surface area (Å²) in [6.45, 7) is 8.29. The van der Waals surface area contributed by atoms with Gasteiger partial charge in [-0.25, -0.2) is 0 Å². The second kappa shape index (κ2) is 10.0. The fourth-order valence-electron chi connectivity index (χ4n) is 6.33. The summed E-state index contributed by atoms with van der Waals surface area (Å²) in [6.07, 6.45) is 5.05. The number of hydrogen-bond acceptors (Lipinski definition) is 6. The maximum Gasteiger partial charge on any atom is 0.304 e. The van der Waals surface area contributed by atoms with Crippen molar-refractivity contribution in [3.8, 4) is 5.88 Å². The van der Waals surface area contributed by atoms with Crippen molar-refractivity contribution in [1.82, 2.24) is 9.47 Å². The van der Waals surface area contributed by atoms with Gasteiger partial charge in [-0.1, -0.05) is 72.2 Å². The second-order valence-electron chi connectivity index (χ2n) is 11.4. The Hall–Kier alpha value is -3.04. The first-order valence-electron chi connectivity index (χ1n) is 12.5. The third-order valence-electron chi connectivity index (χ3n) is 7.34. The molecular formula is C28H32BrN5O3. The van der Waals surface area contributed by atoms with Crippen LogP contribution in [-0.4, -0.2) is 45.9 Å². The first-order chi connectivity index (χ1) is 17.6. The summed E-state index contributed by atoms with van der Waals surface area (Å²) < 4.78 is 2.72. The number of aromatic hydroxyl groups is 1. The molecule has 1 aliphatic heterocycles. The average molecular weight is 567 g/mol. The minimum Gasteiger partial charge on any atom is -0.493 e. The number of fused-ring (bicyclic) bond motifs is 3. The van der Waals surface area contributed by atoms with Crippen LogP contribution in [0.4, 0.5) is 5.69 Å². The van der Waals surface area contributed by atoms with E-state index in [1.807, 2.05) is 53.1 Å². The molecule has 1 N–H and O–H groups in total. The number of hydrogen-bond donors (Lipinski definition) is 1. The van der Waals surface area contributed by atoms with E-state index in [9.17, 15) is 9.90 Å². The van der Waals surface area contributed by atoms with Gasteiger partial charge >= 0.3 is 5.91 Å².